The van der Waals surface area contributed by atoms with Crippen LogP contribution in [0.25, 0.3) is 0 Å². The summed E-state index contributed by atoms with van der Waals surface area (Å²) in [5.41, 5.74) is 0. The minimum Gasteiger partial charge on any atom is -0.756 e. The Kier molecular flexibility index (Phi) is 56.3. The number of hydrogen-bond donors (Lipinski definition) is 1. The molecule has 0 heterocycles. The quantitative estimate of drug-likeness (QED) is 0.0212. The monoisotopic (exact) mass is 1120 g/mol. The van der Waals surface area contributed by atoms with Gasteiger partial charge in [-0.25, -0.2) is 0 Å². The summed E-state index contributed by atoms with van der Waals surface area (Å²) in [6, 6.07) is -0.914. The van der Waals surface area contributed by atoms with Crippen LogP contribution in [0.1, 0.15) is 290 Å². The summed E-state index contributed by atoms with van der Waals surface area (Å²) in [5.74, 6) is -0.585. The Hall–Kier alpha value is -2.81. The number of carbonyl (C=O) groups excluding carboxylic acids is 2. The maximum absolute atomic E-state index is 13.5. The second kappa shape index (κ2) is 58.4. The summed E-state index contributed by atoms with van der Waals surface area (Å²) >= 11 is 0. The minimum atomic E-state index is -4.72. The average Bonchev–Trinajstić information content (AvgIpc) is 3.41. The molecule has 0 aromatic rings. The van der Waals surface area contributed by atoms with Crippen molar-refractivity contribution >= 4 is 19.7 Å². The van der Waals surface area contributed by atoms with Crippen molar-refractivity contribution < 1.29 is 37.3 Å². The van der Waals surface area contributed by atoms with Gasteiger partial charge in [0.2, 0.25) is 5.91 Å². The Labute approximate surface area is 488 Å². The molecule has 0 saturated carbocycles. The van der Waals surface area contributed by atoms with Gasteiger partial charge in [-0.05, 0) is 83.1 Å². The average molecular weight is 1130 g/mol. The van der Waals surface area contributed by atoms with Crippen LogP contribution in [0.4, 0.5) is 0 Å². The number of phosphoric acid groups is 1. The van der Waals surface area contributed by atoms with Gasteiger partial charge in [-0.2, -0.15) is 0 Å². The van der Waals surface area contributed by atoms with E-state index in [4.69, 9.17) is 13.8 Å². The SMILES string of the molecule is CC/C=C\C/C=C\C/C=C\C/C=C\C/C=C\C/C=C\CCCCC(=O)NC(COP(=O)([O-])OCC[N+](C)(C)C)C(/C=C/CCCCCCCCCCCCC)OC(=O)CCCCCCCCCCCCCCCCCCCCC. The maximum Gasteiger partial charge on any atom is 0.306 e. The number of ether oxygens (including phenoxy) is 1. The normalized spacial score (nSPS) is 14.2. The summed E-state index contributed by atoms with van der Waals surface area (Å²) in [7, 11) is 1.15. The Bertz CT molecular complexity index is 1630. The molecule has 0 aromatic heterocycles. The molecule has 10 heteroatoms. The minimum absolute atomic E-state index is 0.0330. The third-order valence-electron chi connectivity index (χ3n) is 14.3. The number of carbonyl (C=O) groups is 2. The van der Waals surface area contributed by atoms with E-state index < -0.39 is 26.6 Å². The van der Waals surface area contributed by atoms with Crippen LogP contribution in [0.15, 0.2) is 85.1 Å². The molecule has 0 spiro atoms. The van der Waals surface area contributed by atoms with Gasteiger partial charge in [-0.3, -0.25) is 14.2 Å². The van der Waals surface area contributed by atoms with Crippen LogP contribution in [0.5, 0.6) is 0 Å². The number of rotatable bonds is 59. The number of likely N-dealkylation sites (N-methyl/N-ethyl adjacent to an activating group) is 1. The predicted octanol–water partition coefficient (Wildman–Crippen LogP) is 19.9. The molecule has 9 nitrogen and oxygen atoms in total. The number of phosphoric ester groups is 1. The predicted molar refractivity (Wildman–Crippen MR) is 339 cm³/mol. The molecule has 458 valence electrons. The highest BCUT2D eigenvalue weighted by atomic mass is 31.2. The van der Waals surface area contributed by atoms with E-state index in [1.807, 2.05) is 33.3 Å². The van der Waals surface area contributed by atoms with Gasteiger partial charge in [0.25, 0.3) is 7.82 Å². The summed E-state index contributed by atoms with van der Waals surface area (Å²) in [4.78, 5) is 40.1. The van der Waals surface area contributed by atoms with E-state index in [2.05, 4.69) is 99.0 Å². The molecular weight excluding hydrogens is 1000 g/mol. The second-order valence-electron chi connectivity index (χ2n) is 23.2. The first kappa shape index (κ1) is 76.2. The Morgan fingerprint density at radius 3 is 1.23 bits per heavy atom. The lowest BCUT2D eigenvalue weighted by molar-refractivity contribution is -0.870. The van der Waals surface area contributed by atoms with E-state index in [0.717, 1.165) is 89.9 Å². The highest BCUT2D eigenvalue weighted by Gasteiger charge is 2.27. The number of amides is 1. The van der Waals surface area contributed by atoms with Gasteiger partial charge >= 0.3 is 5.97 Å². The van der Waals surface area contributed by atoms with Crippen LogP contribution < -0.4 is 10.2 Å². The number of hydrogen-bond acceptors (Lipinski definition) is 7. The molecule has 0 aliphatic rings. The van der Waals surface area contributed by atoms with E-state index in [1.165, 1.54) is 161 Å². The van der Waals surface area contributed by atoms with Crippen LogP contribution in [-0.2, 0) is 27.9 Å². The third kappa shape index (κ3) is 59.6. The molecule has 0 fully saturated rings. The molecule has 0 aliphatic carbocycles. The van der Waals surface area contributed by atoms with E-state index >= 15 is 0 Å². The molecule has 0 saturated heterocycles. The van der Waals surface area contributed by atoms with Crippen LogP contribution in [0.3, 0.4) is 0 Å². The second-order valence-corrected chi connectivity index (χ2v) is 24.7. The number of esters is 1. The zero-order valence-electron chi connectivity index (χ0n) is 52.3. The Balaban J connectivity index is 5.30. The Morgan fingerprint density at radius 2 is 0.810 bits per heavy atom. The molecule has 79 heavy (non-hydrogen) atoms. The van der Waals surface area contributed by atoms with Crippen molar-refractivity contribution in [2.75, 3.05) is 40.9 Å². The summed E-state index contributed by atoms with van der Waals surface area (Å²) in [5, 5.41) is 3.01. The lowest BCUT2D eigenvalue weighted by Crippen LogP contribution is -2.47. The molecule has 0 bridgehead atoms. The van der Waals surface area contributed by atoms with Gasteiger partial charge in [-0.15, -0.1) is 0 Å². The van der Waals surface area contributed by atoms with Crippen molar-refractivity contribution in [2.24, 2.45) is 0 Å². The van der Waals surface area contributed by atoms with Crippen molar-refractivity contribution in [3.05, 3.63) is 85.1 Å². The van der Waals surface area contributed by atoms with Crippen LogP contribution in [0, 0.1) is 0 Å². The standard InChI is InChI=1S/C69H125N2O7P/c1-7-10-13-16-19-22-25-28-30-32-34-35-37-38-40-43-46-49-52-55-58-61-68(72)70-66(65-77-79(74,75)76-64-63-71(4,5)6)67(60-57-54-51-48-45-42-27-24-21-18-15-12-9-3)78-69(73)62-59-56-53-50-47-44-41-39-36-33-31-29-26-23-20-17-14-11-8-2/h10,13,19,22,28,30,34-35,38,40,46,49,57,60,66-67H,7-9,11-12,14-18,20-21,23-27,29,31-33,36-37,39,41-45,47-48,50-56,58-59,61-65H2,1-6H3,(H-,70,72,74,75)/b13-10-,22-19-,30-28-,35-34-,40-38-,49-46-,60-57+. The van der Waals surface area contributed by atoms with E-state index in [1.54, 1.807) is 0 Å². The maximum atomic E-state index is 13.5. The highest BCUT2D eigenvalue weighted by molar-refractivity contribution is 7.45. The fourth-order valence-corrected chi connectivity index (χ4v) is 10.0. The van der Waals surface area contributed by atoms with Gasteiger partial charge in [-0.1, -0.05) is 280 Å². The molecule has 0 aromatic carbocycles. The highest BCUT2D eigenvalue weighted by Crippen LogP contribution is 2.38. The van der Waals surface area contributed by atoms with Gasteiger partial charge in [0.15, 0.2) is 0 Å². The lowest BCUT2D eigenvalue weighted by atomic mass is 10.0. The summed E-state index contributed by atoms with van der Waals surface area (Å²) in [6.45, 7) is 6.72. The van der Waals surface area contributed by atoms with E-state index in [-0.39, 0.29) is 31.3 Å². The molecule has 1 N–H and O–H groups in total. The zero-order chi connectivity index (χ0) is 57.9. The number of nitrogens with one attached hydrogen (secondary N) is 1. The lowest BCUT2D eigenvalue weighted by Gasteiger charge is -2.30. The first-order chi connectivity index (χ1) is 38.4. The van der Waals surface area contributed by atoms with Crippen LogP contribution in [-0.4, -0.2) is 69.4 Å². The molecular formula is C69H125N2O7P. The molecule has 3 atom stereocenters. The molecule has 0 radical (unpaired) electrons. The zero-order valence-corrected chi connectivity index (χ0v) is 53.2. The van der Waals surface area contributed by atoms with Crippen molar-refractivity contribution in [3.8, 4) is 0 Å². The molecule has 0 aliphatic heterocycles. The number of nitrogens with zero attached hydrogens (tertiary/aromatic N) is 1. The topological polar surface area (TPSA) is 114 Å². The fraction of sp³-hybridized carbons (Fsp3) is 0.768. The summed E-state index contributed by atoms with van der Waals surface area (Å²) in [6.07, 6.45) is 77.0. The first-order valence-corrected chi connectivity index (χ1v) is 34.4. The fourth-order valence-electron chi connectivity index (χ4n) is 9.29. The van der Waals surface area contributed by atoms with Gasteiger partial charge < -0.3 is 28.5 Å². The smallest absolute Gasteiger partial charge is 0.306 e. The number of quaternary nitrogens is 1. The number of unbranched alkanes of at least 4 members (excludes halogenated alkanes) is 31. The van der Waals surface area contributed by atoms with Crippen LogP contribution >= 0.6 is 7.82 Å². The first-order valence-electron chi connectivity index (χ1n) is 32.9. The third-order valence-corrected chi connectivity index (χ3v) is 15.3. The number of allylic oxidation sites excluding steroid dienone is 13. The van der Waals surface area contributed by atoms with Crippen molar-refractivity contribution in [2.45, 2.75) is 303 Å². The summed E-state index contributed by atoms with van der Waals surface area (Å²) < 4.78 is 30.4. The van der Waals surface area contributed by atoms with Gasteiger partial charge in [0.1, 0.15) is 19.3 Å². The van der Waals surface area contributed by atoms with Crippen molar-refractivity contribution in [1.29, 1.82) is 0 Å². The Morgan fingerprint density at radius 1 is 0.456 bits per heavy atom. The molecule has 0 rings (SSSR count). The van der Waals surface area contributed by atoms with Crippen molar-refractivity contribution in [3.63, 3.8) is 0 Å². The van der Waals surface area contributed by atoms with Gasteiger partial charge in [0, 0.05) is 12.8 Å². The van der Waals surface area contributed by atoms with E-state index in [0.29, 0.717) is 17.4 Å². The molecule has 3 unspecified atom stereocenters. The van der Waals surface area contributed by atoms with Crippen molar-refractivity contribution in [1.82, 2.24) is 5.32 Å². The van der Waals surface area contributed by atoms with Crippen LogP contribution in [0.2, 0.25) is 0 Å². The van der Waals surface area contributed by atoms with Gasteiger partial charge in [0.05, 0.1) is 33.8 Å². The largest absolute Gasteiger partial charge is 0.756 e. The molecule has 1 amide bonds. The van der Waals surface area contributed by atoms with E-state index in [9.17, 15) is 19.0 Å².